The van der Waals surface area contributed by atoms with Crippen molar-refractivity contribution in [3.63, 3.8) is 0 Å². The summed E-state index contributed by atoms with van der Waals surface area (Å²) in [5, 5.41) is 10.5. The highest BCUT2D eigenvalue weighted by Gasteiger charge is 2.23. The highest BCUT2D eigenvalue weighted by molar-refractivity contribution is 5.95. The van der Waals surface area contributed by atoms with Gasteiger partial charge in [-0.3, -0.25) is 4.79 Å². The fourth-order valence-electron chi connectivity index (χ4n) is 3.02. The van der Waals surface area contributed by atoms with Gasteiger partial charge < -0.3 is 10.6 Å². The number of carbonyl (C=O) groups excluding carboxylic acids is 1. The molecule has 1 aromatic heterocycles. The van der Waals surface area contributed by atoms with Crippen LogP contribution in [-0.4, -0.2) is 21.7 Å². The largest absolute Gasteiger partial charge is 0.325 e. The van der Waals surface area contributed by atoms with Gasteiger partial charge in [0.2, 0.25) is 5.91 Å². The molecule has 2 aromatic carbocycles. The van der Waals surface area contributed by atoms with E-state index in [9.17, 15) is 4.79 Å². The number of rotatable bonds is 3. The van der Waals surface area contributed by atoms with Gasteiger partial charge in [-0.05, 0) is 41.8 Å². The standard InChI is InChI=1S/C19H18N4O/c24-19(18-11-14-5-1-2-6-15(14)13-20-18)22-16-7-3-8-17(12-16)23-10-4-9-21-23/h1-10,12,18,20H,11,13H2,(H,22,24)/t18-/m1/s1. The van der Waals surface area contributed by atoms with Crippen molar-refractivity contribution < 1.29 is 4.79 Å². The molecule has 4 rings (SSSR count). The Kier molecular flexibility index (Phi) is 3.84. The average Bonchev–Trinajstić information content (AvgIpc) is 3.16. The molecule has 1 atom stereocenters. The van der Waals surface area contributed by atoms with Crippen LogP contribution in [0.25, 0.3) is 5.69 Å². The van der Waals surface area contributed by atoms with Crippen LogP contribution in [0.4, 0.5) is 5.69 Å². The summed E-state index contributed by atoms with van der Waals surface area (Å²) in [7, 11) is 0. The van der Waals surface area contributed by atoms with E-state index < -0.39 is 0 Å². The number of benzene rings is 2. The van der Waals surface area contributed by atoms with Crippen LogP contribution in [-0.2, 0) is 17.8 Å². The van der Waals surface area contributed by atoms with Gasteiger partial charge in [-0.2, -0.15) is 5.10 Å². The van der Waals surface area contributed by atoms with Gasteiger partial charge in [0.15, 0.2) is 0 Å². The number of carbonyl (C=O) groups is 1. The zero-order chi connectivity index (χ0) is 16.4. The Morgan fingerprint density at radius 2 is 2.00 bits per heavy atom. The predicted molar refractivity (Wildman–Crippen MR) is 93.0 cm³/mol. The molecule has 2 N–H and O–H groups in total. The normalized spacial score (nSPS) is 16.4. The first-order valence-corrected chi connectivity index (χ1v) is 8.01. The van der Waals surface area contributed by atoms with Crippen LogP contribution in [0.15, 0.2) is 67.0 Å². The molecule has 0 saturated heterocycles. The molecule has 0 unspecified atom stereocenters. The highest BCUT2D eigenvalue weighted by atomic mass is 16.2. The van der Waals surface area contributed by atoms with Gasteiger partial charge >= 0.3 is 0 Å². The first-order valence-electron chi connectivity index (χ1n) is 8.01. The molecule has 0 fully saturated rings. The molecule has 0 spiro atoms. The average molecular weight is 318 g/mol. The molecular formula is C19H18N4O. The van der Waals surface area contributed by atoms with Crippen molar-refractivity contribution in [2.45, 2.75) is 19.0 Å². The van der Waals surface area contributed by atoms with Gasteiger partial charge in [0.1, 0.15) is 0 Å². The van der Waals surface area contributed by atoms with Gasteiger partial charge in [-0.15, -0.1) is 0 Å². The molecular weight excluding hydrogens is 300 g/mol. The first kappa shape index (κ1) is 14.7. The number of fused-ring (bicyclic) bond motifs is 1. The number of nitrogens with zero attached hydrogens (tertiary/aromatic N) is 2. The van der Waals surface area contributed by atoms with Gasteiger partial charge in [0.05, 0.1) is 11.7 Å². The third-order valence-corrected chi connectivity index (χ3v) is 4.28. The number of aromatic nitrogens is 2. The monoisotopic (exact) mass is 318 g/mol. The molecule has 0 radical (unpaired) electrons. The Morgan fingerprint density at radius 1 is 1.12 bits per heavy atom. The van der Waals surface area contributed by atoms with Gasteiger partial charge in [0.25, 0.3) is 0 Å². The van der Waals surface area contributed by atoms with E-state index >= 15 is 0 Å². The van der Waals surface area contributed by atoms with E-state index in [0.717, 1.165) is 17.9 Å². The zero-order valence-corrected chi connectivity index (χ0v) is 13.1. The molecule has 120 valence electrons. The molecule has 0 aliphatic carbocycles. The van der Waals surface area contributed by atoms with Crippen LogP contribution in [0.1, 0.15) is 11.1 Å². The smallest absolute Gasteiger partial charge is 0.241 e. The lowest BCUT2D eigenvalue weighted by Gasteiger charge is -2.25. The minimum absolute atomic E-state index is 0.0119. The Balaban J connectivity index is 1.48. The van der Waals surface area contributed by atoms with E-state index in [-0.39, 0.29) is 11.9 Å². The number of hydrogen-bond donors (Lipinski definition) is 2. The molecule has 5 heteroatoms. The predicted octanol–water partition coefficient (Wildman–Crippen LogP) is 2.53. The van der Waals surface area contributed by atoms with Gasteiger partial charge in [-0.1, -0.05) is 30.3 Å². The molecule has 0 bridgehead atoms. The summed E-state index contributed by atoms with van der Waals surface area (Å²) in [5.41, 5.74) is 4.19. The topological polar surface area (TPSA) is 59.0 Å². The molecule has 3 aromatic rings. The van der Waals surface area contributed by atoms with E-state index in [4.69, 9.17) is 0 Å². The van der Waals surface area contributed by atoms with Crippen molar-refractivity contribution in [2.75, 3.05) is 5.32 Å². The Morgan fingerprint density at radius 3 is 2.83 bits per heavy atom. The lowest BCUT2D eigenvalue weighted by Crippen LogP contribution is -2.44. The molecule has 5 nitrogen and oxygen atoms in total. The zero-order valence-electron chi connectivity index (χ0n) is 13.1. The maximum atomic E-state index is 12.6. The molecule has 1 amide bonds. The molecule has 2 heterocycles. The van der Waals surface area contributed by atoms with Crippen LogP contribution >= 0.6 is 0 Å². The summed E-state index contributed by atoms with van der Waals surface area (Å²) in [6, 6.07) is 17.6. The van der Waals surface area contributed by atoms with Crippen LogP contribution in [0.3, 0.4) is 0 Å². The number of nitrogens with one attached hydrogen (secondary N) is 2. The lowest BCUT2D eigenvalue weighted by atomic mass is 9.95. The van der Waals surface area contributed by atoms with E-state index in [1.807, 2.05) is 48.7 Å². The fourth-order valence-corrected chi connectivity index (χ4v) is 3.02. The van der Waals surface area contributed by atoms with E-state index in [1.54, 1.807) is 10.9 Å². The molecule has 24 heavy (non-hydrogen) atoms. The summed E-state index contributed by atoms with van der Waals surface area (Å²) in [4.78, 5) is 12.6. The second kappa shape index (κ2) is 6.29. The molecule has 1 aliphatic rings. The number of anilines is 1. The summed E-state index contributed by atoms with van der Waals surface area (Å²) < 4.78 is 1.77. The van der Waals surface area contributed by atoms with E-state index in [0.29, 0.717) is 6.42 Å². The van der Waals surface area contributed by atoms with Crippen molar-refractivity contribution in [3.8, 4) is 5.69 Å². The maximum absolute atomic E-state index is 12.6. The third-order valence-electron chi connectivity index (χ3n) is 4.28. The van der Waals surface area contributed by atoms with Crippen molar-refractivity contribution in [3.05, 3.63) is 78.1 Å². The fraction of sp³-hybridized carbons (Fsp3) is 0.158. The Labute approximate surface area is 140 Å². The minimum Gasteiger partial charge on any atom is -0.325 e. The van der Waals surface area contributed by atoms with Crippen LogP contribution in [0, 0.1) is 0 Å². The minimum atomic E-state index is -0.215. The van der Waals surface area contributed by atoms with Crippen LogP contribution in [0.2, 0.25) is 0 Å². The van der Waals surface area contributed by atoms with E-state index in [2.05, 4.69) is 27.9 Å². The first-order chi connectivity index (χ1) is 11.8. The Bertz CT molecular complexity index is 857. The van der Waals surface area contributed by atoms with Crippen molar-refractivity contribution in [2.24, 2.45) is 0 Å². The number of amides is 1. The second-order valence-corrected chi connectivity index (χ2v) is 5.90. The summed E-state index contributed by atoms with van der Waals surface area (Å²) in [6.45, 7) is 0.724. The maximum Gasteiger partial charge on any atom is 0.241 e. The quantitative estimate of drug-likeness (QED) is 0.780. The van der Waals surface area contributed by atoms with Gasteiger partial charge in [0, 0.05) is 24.6 Å². The van der Waals surface area contributed by atoms with Crippen LogP contribution in [0.5, 0.6) is 0 Å². The van der Waals surface area contributed by atoms with E-state index in [1.165, 1.54) is 11.1 Å². The van der Waals surface area contributed by atoms with Crippen LogP contribution < -0.4 is 10.6 Å². The highest BCUT2D eigenvalue weighted by Crippen LogP contribution is 2.18. The summed E-state index contributed by atoms with van der Waals surface area (Å²) in [5.74, 6) is -0.0119. The van der Waals surface area contributed by atoms with Crippen molar-refractivity contribution in [1.82, 2.24) is 15.1 Å². The van der Waals surface area contributed by atoms with Gasteiger partial charge in [-0.25, -0.2) is 4.68 Å². The number of hydrogen-bond acceptors (Lipinski definition) is 3. The SMILES string of the molecule is O=C(Nc1cccc(-n2cccn2)c1)[C@H]1Cc2ccccc2CN1. The Hall–Kier alpha value is -2.92. The molecule has 1 aliphatic heterocycles. The summed E-state index contributed by atoms with van der Waals surface area (Å²) >= 11 is 0. The third kappa shape index (κ3) is 2.94. The lowest BCUT2D eigenvalue weighted by molar-refractivity contribution is -0.118. The molecule has 0 saturated carbocycles. The van der Waals surface area contributed by atoms with Crippen molar-refractivity contribution >= 4 is 11.6 Å². The summed E-state index contributed by atoms with van der Waals surface area (Å²) in [6.07, 6.45) is 4.32. The second-order valence-electron chi connectivity index (χ2n) is 5.90. The van der Waals surface area contributed by atoms with Crippen molar-refractivity contribution in [1.29, 1.82) is 0 Å².